The average Bonchev–Trinajstić information content (AvgIpc) is 2.90. The van der Waals surface area contributed by atoms with Gasteiger partial charge in [0.25, 0.3) is 5.69 Å². The number of carbonyl (C=O) groups is 1. The van der Waals surface area contributed by atoms with E-state index in [1.54, 1.807) is 12.4 Å². The summed E-state index contributed by atoms with van der Waals surface area (Å²) in [5.74, 6) is 0.0140. The fourth-order valence-corrected chi connectivity index (χ4v) is 1.95. The van der Waals surface area contributed by atoms with Crippen LogP contribution in [0.25, 0.3) is 0 Å². The van der Waals surface area contributed by atoms with Crippen LogP contribution >= 0.6 is 11.8 Å². The number of carbonyl (C=O) groups excluding carboxylic acids is 1. The maximum absolute atomic E-state index is 11.6. The minimum absolute atomic E-state index is 0.0111. The van der Waals surface area contributed by atoms with E-state index in [0.29, 0.717) is 10.8 Å². The Labute approximate surface area is 112 Å². The molecule has 8 heteroatoms. The van der Waals surface area contributed by atoms with E-state index in [4.69, 9.17) is 0 Å². The van der Waals surface area contributed by atoms with E-state index in [2.05, 4.69) is 15.3 Å². The first kappa shape index (κ1) is 13.1. The predicted molar refractivity (Wildman–Crippen MR) is 71.0 cm³/mol. The summed E-state index contributed by atoms with van der Waals surface area (Å²) in [7, 11) is 0. The Morgan fingerprint density at radius 2 is 2.16 bits per heavy atom. The minimum atomic E-state index is -0.488. The summed E-state index contributed by atoms with van der Waals surface area (Å²) in [6, 6.07) is 5.67. The van der Waals surface area contributed by atoms with E-state index in [1.807, 2.05) is 0 Å². The molecule has 0 spiro atoms. The van der Waals surface area contributed by atoms with Crippen LogP contribution in [0.2, 0.25) is 0 Å². The molecule has 2 N–H and O–H groups in total. The van der Waals surface area contributed by atoms with E-state index in [-0.39, 0.29) is 17.3 Å². The molecule has 1 aromatic carbocycles. The van der Waals surface area contributed by atoms with Gasteiger partial charge in [0.05, 0.1) is 10.7 Å². The number of nitro groups is 1. The third kappa shape index (κ3) is 3.81. The maximum atomic E-state index is 11.6. The number of H-pyrrole nitrogens is 1. The first-order valence-corrected chi connectivity index (χ1v) is 6.30. The molecule has 2 aromatic rings. The summed E-state index contributed by atoms with van der Waals surface area (Å²) in [6.45, 7) is 0. The van der Waals surface area contributed by atoms with Gasteiger partial charge in [-0.25, -0.2) is 4.98 Å². The van der Waals surface area contributed by atoms with E-state index in [1.165, 1.54) is 36.0 Å². The number of aromatic amines is 1. The summed E-state index contributed by atoms with van der Waals surface area (Å²) in [6.07, 6.45) is 3.28. The highest BCUT2D eigenvalue weighted by molar-refractivity contribution is 7.99. The van der Waals surface area contributed by atoms with Crippen LogP contribution in [-0.4, -0.2) is 26.6 Å². The molecule has 0 atom stereocenters. The van der Waals surface area contributed by atoms with Gasteiger partial charge < -0.3 is 10.3 Å². The zero-order valence-corrected chi connectivity index (χ0v) is 10.5. The molecule has 0 radical (unpaired) electrons. The Morgan fingerprint density at radius 1 is 1.42 bits per heavy atom. The van der Waals surface area contributed by atoms with Crippen molar-refractivity contribution in [3.8, 4) is 0 Å². The number of hydrogen-bond donors (Lipinski definition) is 2. The van der Waals surface area contributed by atoms with Crippen LogP contribution < -0.4 is 5.32 Å². The van der Waals surface area contributed by atoms with Crippen molar-refractivity contribution in [3.05, 3.63) is 46.8 Å². The standard InChI is InChI=1S/C11H10N4O3S/c16-10(7-19-11-12-5-6-13-11)14-8-1-3-9(4-2-8)15(17)18/h1-6H,7H2,(H,12,13)(H,14,16). The van der Waals surface area contributed by atoms with Crippen molar-refractivity contribution in [2.75, 3.05) is 11.1 Å². The number of anilines is 1. The fraction of sp³-hybridized carbons (Fsp3) is 0.0909. The van der Waals surface area contributed by atoms with E-state index in [0.717, 1.165) is 0 Å². The highest BCUT2D eigenvalue weighted by Gasteiger charge is 2.07. The zero-order chi connectivity index (χ0) is 13.7. The molecule has 98 valence electrons. The van der Waals surface area contributed by atoms with Crippen molar-refractivity contribution in [3.63, 3.8) is 0 Å². The van der Waals surface area contributed by atoms with Gasteiger partial charge in [-0.1, -0.05) is 11.8 Å². The summed E-state index contributed by atoms with van der Waals surface area (Å²) in [5, 5.41) is 13.8. The van der Waals surface area contributed by atoms with Gasteiger partial charge >= 0.3 is 0 Å². The number of hydrogen-bond acceptors (Lipinski definition) is 5. The SMILES string of the molecule is O=C(CSc1ncc[nH]1)Nc1ccc([N+](=O)[O-])cc1. The van der Waals surface area contributed by atoms with Crippen molar-refractivity contribution in [1.82, 2.24) is 9.97 Å². The summed E-state index contributed by atoms with van der Waals surface area (Å²) >= 11 is 1.28. The van der Waals surface area contributed by atoms with Crippen molar-refractivity contribution in [2.45, 2.75) is 5.16 Å². The lowest BCUT2D eigenvalue weighted by molar-refractivity contribution is -0.384. The number of nitrogens with zero attached hydrogens (tertiary/aromatic N) is 2. The topological polar surface area (TPSA) is 101 Å². The van der Waals surface area contributed by atoms with Crippen molar-refractivity contribution in [2.24, 2.45) is 0 Å². The van der Waals surface area contributed by atoms with Crippen molar-refractivity contribution >= 4 is 29.0 Å². The van der Waals surface area contributed by atoms with E-state index >= 15 is 0 Å². The van der Waals surface area contributed by atoms with Crippen LogP contribution in [0.3, 0.4) is 0 Å². The highest BCUT2D eigenvalue weighted by atomic mass is 32.2. The molecular weight excluding hydrogens is 268 g/mol. The number of nitrogens with one attached hydrogen (secondary N) is 2. The van der Waals surface area contributed by atoms with Gasteiger partial charge in [0.1, 0.15) is 0 Å². The summed E-state index contributed by atoms with van der Waals surface area (Å²) in [5.41, 5.74) is 0.513. The van der Waals surface area contributed by atoms with Crippen LogP contribution in [-0.2, 0) is 4.79 Å². The Bertz CT molecular complexity index is 568. The third-order valence-electron chi connectivity index (χ3n) is 2.17. The molecule has 2 rings (SSSR count). The predicted octanol–water partition coefficient (Wildman–Crippen LogP) is 2.05. The van der Waals surface area contributed by atoms with Gasteiger partial charge in [0.2, 0.25) is 5.91 Å². The number of imidazole rings is 1. The highest BCUT2D eigenvalue weighted by Crippen LogP contribution is 2.16. The van der Waals surface area contributed by atoms with E-state index < -0.39 is 4.92 Å². The number of non-ortho nitro benzene ring substituents is 1. The Hall–Kier alpha value is -2.35. The molecule has 1 aromatic heterocycles. The Morgan fingerprint density at radius 3 is 2.74 bits per heavy atom. The molecule has 0 saturated carbocycles. The van der Waals surface area contributed by atoms with Crippen LogP contribution in [0, 0.1) is 10.1 Å². The molecule has 0 aliphatic rings. The molecular formula is C11H10N4O3S. The lowest BCUT2D eigenvalue weighted by Crippen LogP contribution is -2.14. The first-order chi connectivity index (χ1) is 9.15. The monoisotopic (exact) mass is 278 g/mol. The number of thioether (sulfide) groups is 1. The van der Waals surface area contributed by atoms with Crippen molar-refractivity contribution < 1.29 is 9.72 Å². The van der Waals surface area contributed by atoms with Gasteiger partial charge in [-0.3, -0.25) is 14.9 Å². The molecule has 1 heterocycles. The Balaban J connectivity index is 1.86. The average molecular weight is 278 g/mol. The largest absolute Gasteiger partial charge is 0.340 e. The van der Waals surface area contributed by atoms with E-state index in [9.17, 15) is 14.9 Å². The van der Waals surface area contributed by atoms with Gasteiger partial charge in [0, 0.05) is 30.2 Å². The Kier molecular flexibility index (Phi) is 4.14. The van der Waals surface area contributed by atoms with Crippen LogP contribution in [0.5, 0.6) is 0 Å². The molecule has 0 aliphatic heterocycles. The molecule has 0 bridgehead atoms. The molecule has 0 saturated heterocycles. The van der Waals surface area contributed by atoms with Gasteiger partial charge in [-0.15, -0.1) is 0 Å². The second-order valence-corrected chi connectivity index (χ2v) is 4.50. The lowest BCUT2D eigenvalue weighted by atomic mass is 10.3. The van der Waals surface area contributed by atoms with Crippen LogP contribution in [0.15, 0.2) is 41.8 Å². The number of rotatable bonds is 5. The van der Waals surface area contributed by atoms with Gasteiger partial charge in [-0.05, 0) is 12.1 Å². The first-order valence-electron chi connectivity index (χ1n) is 5.31. The molecule has 7 nitrogen and oxygen atoms in total. The summed E-state index contributed by atoms with van der Waals surface area (Å²) < 4.78 is 0. The van der Waals surface area contributed by atoms with Gasteiger partial charge in [-0.2, -0.15) is 0 Å². The molecule has 19 heavy (non-hydrogen) atoms. The molecule has 0 fully saturated rings. The normalized spacial score (nSPS) is 10.1. The molecule has 1 amide bonds. The third-order valence-corrected chi connectivity index (χ3v) is 3.08. The fourth-order valence-electron chi connectivity index (χ4n) is 1.33. The van der Waals surface area contributed by atoms with Crippen molar-refractivity contribution in [1.29, 1.82) is 0 Å². The lowest BCUT2D eigenvalue weighted by Gasteiger charge is -2.03. The van der Waals surface area contributed by atoms with Crippen LogP contribution in [0.1, 0.15) is 0 Å². The molecule has 0 unspecified atom stereocenters. The smallest absolute Gasteiger partial charge is 0.269 e. The van der Waals surface area contributed by atoms with Gasteiger partial charge in [0.15, 0.2) is 5.16 Å². The quantitative estimate of drug-likeness (QED) is 0.495. The maximum Gasteiger partial charge on any atom is 0.269 e. The molecule has 0 aliphatic carbocycles. The number of nitro benzene ring substituents is 1. The zero-order valence-electron chi connectivity index (χ0n) is 9.70. The minimum Gasteiger partial charge on any atom is -0.340 e. The number of benzene rings is 1. The number of amides is 1. The second kappa shape index (κ2) is 6.01. The number of aromatic nitrogens is 2. The second-order valence-electron chi connectivity index (χ2n) is 3.54. The summed E-state index contributed by atoms with van der Waals surface area (Å²) in [4.78, 5) is 28.5. The van der Waals surface area contributed by atoms with Crippen LogP contribution in [0.4, 0.5) is 11.4 Å².